The highest BCUT2D eigenvalue weighted by molar-refractivity contribution is 6.33. The lowest BCUT2D eigenvalue weighted by Gasteiger charge is -2.09. The van der Waals surface area contributed by atoms with Crippen molar-refractivity contribution in [1.82, 2.24) is 5.43 Å². The highest BCUT2D eigenvalue weighted by Crippen LogP contribution is 2.15. The molecule has 0 radical (unpaired) electrons. The smallest absolute Gasteiger partial charge is 0.259 e. The molecule has 4 nitrogen and oxygen atoms in total. The van der Waals surface area contributed by atoms with E-state index < -0.39 is 0 Å². The zero-order valence-corrected chi connectivity index (χ0v) is 13.3. The Labute approximate surface area is 135 Å². The van der Waals surface area contributed by atoms with E-state index in [-0.39, 0.29) is 12.5 Å². The van der Waals surface area contributed by atoms with Crippen molar-refractivity contribution in [3.63, 3.8) is 0 Å². The van der Waals surface area contributed by atoms with Crippen molar-refractivity contribution in [1.29, 1.82) is 0 Å². The van der Waals surface area contributed by atoms with Gasteiger partial charge in [-0.3, -0.25) is 4.79 Å². The number of amides is 1. The summed E-state index contributed by atoms with van der Waals surface area (Å²) in [6, 6.07) is 13.3. The largest absolute Gasteiger partial charge is 0.376 e. The molecular formula is C17H18ClN3O. The van der Waals surface area contributed by atoms with E-state index in [2.05, 4.69) is 21.9 Å². The monoisotopic (exact) mass is 315 g/mol. The van der Waals surface area contributed by atoms with E-state index in [1.165, 1.54) is 11.8 Å². The summed E-state index contributed by atoms with van der Waals surface area (Å²) in [5.41, 5.74) is 6.46. The maximum atomic E-state index is 11.7. The highest BCUT2D eigenvalue weighted by Gasteiger charge is 2.02. The molecule has 1 amide bonds. The van der Waals surface area contributed by atoms with Crippen LogP contribution in [0, 0.1) is 13.8 Å². The van der Waals surface area contributed by atoms with Crippen molar-refractivity contribution in [2.24, 2.45) is 5.10 Å². The molecule has 0 fully saturated rings. The van der Waals surface area contributed by atoms with Crippen LogP contribution in [0.2, 0.25) is 5.02 Å². The van der Waals surface area contributed by atoms with Gasteiger partial charge in [0.05, 0.1) is 12.8 Å². The molecule has 0 unspecified atom stereocenters. The van der Waals surface area contributed by atoms with Gasteiger partial charge in [-0.15, -0.1) is 0 Å². The van der Waals surface area contributed by atoms with Gasteiger partial charge < -0.3 is 5.32 Å². The zero-order valence-electron chi connectivity index (χ0n) is 12.6. The third-order valence-corrected chi connectivity index (χ3v) is 3.46. The first-order chi connectivity index (χ1) is 10.6. The Morgan fingerprint density at radius 3 is 2.73 bits per heavy atom. The van der Waals surface area contributed by atoms with Crippen molar-refractivity contribution in [2.75, 3.05) is 11.9 Å². The Balaban J connectivity index is 1.84. The van der Waals surface area contributed by atoms with Crippen molar-refractivity contribution in [2.45, 2.75) is 13.8 Å². The van der Waals surface area contributed by atoms with Crippen LogP contribution in [0.15, 0.2) is 47.6 Å². The molecule has 0 aliphatic carbocycles. The topological polar surface area (TPSA) is 53.5 Å². The van der Waals surface area contributed by atoms with Crippen LogP contribution in [0.5, 0.6) is 0 Å². The number of hydrazone groups is 1. The number of carbonyl (C=O) groups excluding carboxylic acids is 1. The summed E-state index contributed by atoms with van der Waals surface area (Å²) in [5, 5.41) is 7.58. The fraction of sp³-hybridized carbons (Fsp3) is 0.176. The summed E-state index contributed by atoms with van der Waals surface area (Å²) < 4.78 is 0. The molecule has 0 aliphatic rings. The van der Waals surface area contributed by atoms with Gasteiger partial charge in [0.15, 0.2) is 0 Å². The van der Waals surface area contributed by atoms with Crippen LogP contribution in [0.4, 0.5) is 5.69 Å². The predicted octanol–water partition coefficient (Wildman–Crippen LogP) is 3.52. The number of benzene rings is 2. The van der Waals surface area contributed by atoms with Gasteiger partial charge in [-0.25, -0.2) is 5.43 Å². The van der Waals surface area contributed by atoms with Gasteiger partial charge in [0, 0.05) is 16.3 Å². The van der Waals surface area contributed by atoms with Crippen LogP contribution in [0.1, 0.15) is 16.7 Å². The third kappa shape index (κ3) is 4.60. The predicted molar refractivity (Wildman–Crippen MR) is 91.6 cm³/mol. The van der Waals surface area contributed by atoms with Crippen molar-refractivity contribution in [3.8, 4) is 0 Å². The Bertz CT molecular complexity index is 698. The summed E-state index contributed by atoms with van der Waals surface area (Å²) in [6.07, 6.45) is 1.53. The van der Waals surface area contributed by atoms with E-state index >= 15 is 0 Å². The molecule has 0 spiro atoms. The Morgan fingerprint density at radius 2 is 2.00 bits per heavy atom. The molecule has 0 saturated heterocycles. The summed E-state index contributed by atoms with van der Waals surface area (Å²) >= 11 is 5.99. The molecule has 0 bridgehead atoms. The number of aryl methyl sites for hydroxylation is 2. The summed E-state index contributed by atoms with van der Waals surface area (Å²) in [4.78, 5) is 11.7. The Morgan fingerprint density at radius 1 is 1.23 bits per heavy atom. The van der Waals surface area contributed by atoms with E-state index in [0.29, 0.717) is 5.02 Å². The number of halogens is 1. The number of rotatable bonds is 5. The SMILES string of the molecule is Cc1ccc(NCC(=O)N/N=C\c2ccccc2Cl)c(C)c1. The molecule has 114 valence electrons. The third-order valence-electron chi connectivity index (χ3n) is 3.12. The first-order valence-corrected chi connectivity index (χ1v) is 7.31. The molecule has 22 heavy (non-hydrogen) atoms. The van der Waals surface area contributed by atoms with Crippen LogP contribution >= 0.6 is 11.6 Å². The number of anilines is 1. The van der Waals surface area contributed by atoms with Gasteiger partial charge in [-0.1, -0.05) is 47.5 Å². The van der Waals surface area contributed by atoms with Crippen molar-refractivity contribution >= 4 is 29.4 Å². The lowest BCUT2D eigenvalue weighted by Crippen LogP contribution is -2.26. The minimum absolute atomic E-state index is 0.157. The summed E-state index contributed by atoms with van der Waals surface area (Å²) in [6.45, 7) is 4.19. The minimum Gasteiger partial charge on any atom is -0.376 e. The molecule has 2 N–H and O–H groups in total. The fourth-order valence-electron chi connectivity index (χ4n) is 1.98. The molecule has 2 aromatic carbocycles. The number of nitrogens with zero attached hydrogens (tertiary/aromatic N) is 1. The molecule has 0 aliphatic heterocycles. The lowest BCUT2D eigenvalue weighted by atomic mass is 10.1. The molecule has 0 heterocycles. The first kappa shape index (κ1) is 16.0. The van der Waals surface area contributed by atoms with Gasteiger partial charge in [0.2, 0.25) is 0 Å². The maximum Gasteiger partial charge on any atom is 0.259 e. The van der Waals surface area contributed by atoms with Gasteiger partial charge in [-0.05, 0) is 31.5 Å². The normalized spacial score (nSPS) is 10.7. The van der Waals surface area contributed by atoms with Gasteiger partial charge in [0.25, 0.3) is 5.91 Å². The van der Waals surface area contributed by atoms with Crippen LogP contribution < -0.4 is 10.7 Å². The number of nitrogens with one attached hydrogen (secondary N) is 2. The molecule has 0 saturated carbocycles. The number of carbonyl (C=O) groups is 1. The average Bonchev–Trinajstić information content (AvgIpc) is 2.48. The second-order valence-corrected chi connectivity index (χ2v) is 5.39. The van der Waals surface area contributed by atoms with E-state index in [4.69, 9.17) is 11.6 Å². The molecule has 0 atom stereocenters. The molecular weight excluding hydrogens is 298 g/mol. The quantitative estimate of drug-likeness (QED) is 0.655. The van der Waals surface area contributed by atoms with Crippen molar-refractivity contribution < 1.29 is 4.79 Å². The van der Waals surface area contributed by atoms with Crippen LogP contribution in [0.25, 0.3) is 0 Å². The van der Waals surface area contributed by atoms with E-state index in [1.807, 2.05) is 44.2 Å². The van der Waals surface area contributed by atoms with Crippen LogP contribution in [0.3, 0.4) is 0 Å². The molecule has 2 aromatic rings. The summed E-state index contributed by atoms with van der Waals surface area (Å²) in [5.74, 6) is -0.219. The van der Waals surface area contributed by atoms with E-state index in [9.17, 15) is 4.79 Å². The second kappa shape index (κ2) is 7.61. The van der Waals surface area contributed by atoms with E-state index in [0.717, 1.165) is 16.8 Å². The van der Waals surface area contributed by atoms with Crippen LogP contribution in [-0.4, -0.2) is 18.7 Å². The highest BCUT2D eigenvalue weighted by atomic mass is 35.5. The first-order valence-electron chi connectivity index (χ1n) is 6.94. The fourth-order valence-corrected chi connectivity index (χ4v) is 2.17. The Kier molecular flexibility index (Phi) is 5.55. The zero-order chi connectivity index (χ0) is 15.9. The average molecular weight is 316 g/mol. The van der Waals surface area contributed by atoms with Crippen LogP contribution in [-0.2, 0) is 4.79 Å². The van der Waals surface area contributed by atoms with Gasteiger partial charge >= 0.3 is 0 Å². The van der Waals surface area contributed by atoms with Gasteiger partial charge in [0.1, 0.15) is 0 Å². The van der Waals surface area contributed by atoms with Gasteiger partial charge in [-0.2, -0.15) is 5.10 Å². The number of hydrogen-bond donors (Lipinski definition) is 2. The molecule has 2 rings (SSSR count). The Hall–Kier alpha value is -2.33. The minimum atomic E-state index is -0.219. The molecule has 5 heteroatoms. The summed E-state index contributed by atoms with van der Waals surface area (Å²) in [7, 11) is 0. The number of hydrogen-bond acceptors (Lipinski definition) is 3. The standard InChI is InChI=1S/C17H18ClN3O/c1-12-7-8-16(13(2)9-12)19-11-17(22)21-20-10-14-5-3-4-6-15(14)18/h3-10,19H,11H2,1-2H3,(H,21,22)/b20-10-. The lowest BCUT2D eigenvalue weighted by molar-refractivity contribution is -0.119. The molecule has 0 aromatic heterocycles. The van der Waals surface area contributed by atoms with E-state index in [1.54, 1.807) is 6.07 Å². The second-order valence-electron chi connectivity index (χ2n) is 4.99. The maximum absolute atomic E-state index is 11.7. The van der Waals surface area contributed by atoms with Crippen molar-refractivity contribution in [3.05, 3.63) is 64.2 Å².